The minimum absolute atomic E-state index is 0.0294. The molecule has 4 fully saturated rings. The normalized spacial score (nSPS) is 27.7. The number of hydrogen-bond acceptors (Lipinski definition) is 6. The Morgan fingerprint density at radius 1 is 0.927 bits per heavy atom. The first-order chi connectivity index (χ1) is 26.9. The fourth-order valence-corrected chi connectivity index (χ4v) is 12.3. The zero-order valence-corrected chi connectivity index (χ0v) is 33.0. The zero-order valence-electron chi connectivity index (χ0n) is 32.3. The van der Waals surface area contributed by atoms with Crippen LogP contribution in [0.25, 0.3) is 0 Å². The molecule has 1 atom stereocenters. The second-order valence-electron chi connectivity index (χ2n) is 17.8. The minimum Gasteiger partial charge on any atom is -0.492 e. The van der Waals surface area contributed by atoms with Crippen LogP contribution in [0.4, 0.5) is 11.4 Å². The van der Waals surface area contributed by atoms with Gasteiger partial charge in [0.15, 0.2) is 6.29 Å². The van der Waals surface area contributed by atoms with E-state index in [0.29, 0.717) is 29.1 Å². The molecule has 5 aliphatic heterocycles. The van der Waals surface area contributed by atoms with Gasteiger partial charge >= 0.3 is 0 Å². The number of aliphatic imine (C=N–C) groups is 1. The number of rotatable bonds is 6. The molecular weight excluding hydrogens is 706 g/mol. The number of fused-ring (bicyclic) bond motifs is 6. The molecule has 288 valence electrons. The van der Waals surface area contributed by atoms with Crippen LogP contribution in [0.3, 0.4) is 0 Å². The van der Waals surface area contributed by atoms with E-state index in [9.17, 15) is 9.59 Å². The second kappa shape index (κ2) is 14.0. The maximum absolute atomic E-state index is 12.4. The summed E-state index contributed by atoms with van der Waals surface area (Å²) < 4.78 is 6.31. The number of benzene rings is 3. The summed E-state index contributed by atoms with van der Waals surface area (Å²) in [5.74, 6) is 3.37. The Morgan fingerprint density at radius 3 is 2.51 bits per heavy atom. The number of nitrogens with zero attached hydrogens (tertiary/aromatic N) is 4. The highest BCUT2D eigenvalue weighted by atomic mass is 35.5. The Labute approximate surface area is 330 Å². The van der Waals surface area contributed by atoms with Crippen molar-refractivity contribution in [3.63, 3.8) is 0 Å². The van der Waals surface area contributed by atoms with Gasteiger partial charge in [0, 0.05) is 54.8 Å². The fraction of sp³-hybridized carbons (Fsp3) is 0.543. The molecule has 3 aromatic carbocycles. The topological polar surface area (TPSA) is 77.5 Å². The van der Waals surface area contributed by atoms with Crippen LogP contribution in [0.1, 0.15) is 126 Å². The lowest BCUT2D eigenvalue weighted by Crippen LogP contribution is -2.46. The molecule has 2 spiro atoms. The standard InChI is InChI=1S/C46H54ClN5O3/c1-48-44-46(17-3-2-4-18-46)37-14-10-31(24-41(37)52(44)40-7-5-6-39(47)36(40)28-53)32-16-21-51(27-32)33-11-8-30(9-12-33)26-50-22-19-45(20-23-50)29-55-42-35-25-49-43(54)34(35)13-15-38(42)45/h5-7,10,13-15,24,28,30,32-33H,2-4,8-9,11-12,16-23,25-27,29H2,1H3,(H,49,54). The number of carbonyl (C=O) groups excluding carboxylic acids is 2. The highest BCUT2D eigenvalue weighted by Crippen LogP contribution is 2.55. The number of carbonyl (C=O) groups is 2. The Kier molecular flexibility index (Phi) is 9.10. The zero-order chi connectivity index (χ0) is 37.3. The summed E-state index contributed by atoms with van der Waals surface area (Å²) >= 11 is 6.62. The molecule has 2 saturated carbocycles. The van der Waals surface area contributed by atoms with Gasteiger partial charge in [-0.1, -0.05) is 55.1 Å². The quantitative estimate of drug-likeness (QED) is 0.254. The first-order valence-corrected chi connectivity index (χ1v) is 21.5. The number of aldehydes is 1. The van der Waals surface area contributed by atoms with Crippen LogP contribution in [0.2, 0.25) is 5.02 Å². The van der Waals surface area contributed by atoms with Crippen LogP contribution in [0.15, 0.2) is 53.5 Å². The SMILES string of the molecule is CN=C1N(c2cccc(Cl)c2C=O)c2cc(C3CCN(C4CCC(CN5CCC6(CC5)COc5c6ccc6c5CNC6=O)CC4)C3)ccc2C12CCCCC2. The smallest absolute Gasteiger partial charge is 0.252 e. The third-order valence-corrected chi connectivity index (χ3v) is 15.4. The Bertz CT molecular complexity index is 2040. The maximum Gasteiger partial charge on any atom is 0.252 e. The number of likely N-dealkylation sites (tertiary alicyclic amines) is 2. The number of amides is 1. The van der Waals surface area contributed by atoms with Gasteiger partial charge in [-0.3, -0.25) is 24.4 Å². The van der Waals surface area contributed by atoms with Crippen molar-refractivity contribution in [2.24, 2.45) is 10.9 Å². The molecule has 8 nitrogen and oxygen atoms in total. The molecule has 5 heterocycles. The van der Waals surface area contributed by atoms with E-state index in [-0.39, 0.29) is 16.7 Å². The number of amidine groups is 1. The number of nitrogens with one attached hydrogen (secondary N) is 1. The van der Waals surface area contributed by atoms with Crippen LogP contribution in [0.5, 0.6) is 5.75 Å². The van der Waals surface area contributed by atoms with Gasteiger partial charge in [-0.15, -0.1) is 0 Å². The maximum atomic E-state index is 12.4. The lowest BCUT2D eigenvalue weighted by molar-refractivity contribution is 0.0964. The third kappa shape index (κ3) is 5.79. The van der Waals surface area contributed by atoms with Crippen LogP contribution in [-0.2, 0) is 17.4 Å². The predicted molar refractivity (Wildman–Crippen MR) is 219 cm³/mol. The van der Waals surface area contributed by atoms with E-state index < -0.39 is 0 Å². The molecule has 0 aromatic heterocycles. The summed E-state index contributed by atoms with van der Waals surface area (Å²) in [5, 5.41) is 3.46. The molecule has 55 heavy (non-hydrogen) atoms. The lowest BCUT2D eigenvalue weighted by atomic mass is 9.69. The molecule has 2 aliphatic carbocycles. The first-order valence-electron chi connectivity index (χ1n) is 21.1. The number of halogens is 1. The van der Waals surface area contributed by atoms with Crippen LogP contribution in [0, 0.1) is 5.92 Å². The molecule has 9 heteroatoms. The summed E-state index contributed by atoms with van der Waals surface area (Å²) in [7, 11) is 1.92. The monoisotopic (exact) mass is 759 g/mol. The first kappa shape index (κ1) is 35.7. The molecule has 2 saturated heterocycles. The highest BCUT2D eigenvalue weighted by molar-refractivity contribution is 6.34. The largest absolute Gasteiger partial charge is 0.492 e. The number of anilines is 2. The van der Waals surface area contributed by atoms with Crippen molar-refractivity contribution < 1.29 is 14.3 Å². The number of hydrogen-bond donors (Lipinski definition) is 1. The molecule has 7 aliphatic rings. The molecule has 1 unspecified atom stereocenters. The van der Waals surface area contributed by atoms with Crippen molar-refractivity contribution in [3.8, 4) is 5.75 Å². The van der Waals surface area contributed by atoms with E-state index in [4.69, 9.17) is 21.3 Å². The lowest BCUT2D eigenvalue weighted by Gasteiger charge is -2.41. The van der Waals surface area contributed by atoms with Gasteiger partial charge in [-0.2, -0.15) is 0 Å². The summed E-state index contributed by atoms with van der Waals surface area (Å²) in [4.78, 5) is 37.4. The molecule has 3 aromatic rings. The van der Waals surface area contributed by atoms with Gasteiger partial charge < -0.3 is 15.0 Å². The summed E-state index contributed by atoms with van der Waals surface area (Å²) in [6, 6.07) is 17.9. The van der Waals surface area contributed by atoms with Crippen molar-refractivity contribution >= 4 is 41.0 Å². The van der Waals surface area contributed by atoms with Gasteiger partial charge in [0.1, 0.15) is 11.6 Å². The highest BCUT2D eigenvalue weighted by Gasteiger charge is 2.50. The molecule has 1 amide bonds. The third-order valence-electron chi connectivity index (χ3n) is 15.1. The van der Waals surface area contributed by atoms with Crippen molar-refractivity contribution in [2.45, 2.75) is 106 Å². The van der Waals surface area contributed by atoms with Gasteiger partial charge in [0.2, 0.25) is 0 Å². The molecule has 1 N–H and O–H groups in total. The van der Waals surface area contributed by atoms with Gasteiger partial charge in [-0.25, -0.2) is 0 Å². The van der Waals surface area contributed by atoms with E-state index in [1.165, 1.54) is 86.8 Å². The number of ether oxygens (including phenoxy) is 1. The van der Waals surface area contributed by atoms with Crippen LogP contribution in [-0.4, -0.2) is 80.2 Å². The summed E-state index contributed by atoms with van der Waals surface area (Å²) in [6.07, 6.45) is 15.4. The van der Waals surface area contributed by atoms with Crippen molar-refractivity contribution in [3.05, 3.63) is 86.9 Å². The molecule has 0 bridgehead atoms. The average molecular weight is 760 g/mol. The van der Waals surface area contributed by atoms with Crippen LogP contribution < -0.4 is 15.0 Å². The van der Waals surface area contributed by atoms with E-state index >= 15 is 0 Å². The minimum atomic E-state index is -0.115. The summed E-state index contributed by atoms with van der Waals surface area (Å²) in [5.41, 5.74) is 8.53. The van der Waals surface area contributed by atoms with Crippen molar-refractivity contribution in [2.75, 3.05) is 51.3 Å². The average Bonchev–Trinajstić information content (AvgIpc) is 4.00. The molecule has 0 radical (unpaired) electrons. The van der Waals surface area contributed by atoms with E-state index in [0.717, 1.165) is 92.5 Å². The van der Waals surface area contributed by atoms with Crippen LogP contribution >= 0.6 is 11.6 Å². The Balaban J connectivity index is 0.785. The van der Waals surface area contributed by atoms with Gasteiger partial charge in [0.05, 0.1) is 34.0 Å². The Hall–Kier alpha value is -3.72. The van der Waals surface area contributed by atoms with Crippen molar-refractivity contribution in [1.29, 1.82) is 0 Å². The Morgan fingerprint density at radius 2 is 1.73 bits per heavy atom. The van der Waals surface area contributed by atoms with Gasteiger partial charge in [-0.05, 0) is 125 Å². The van der Waals surface area contributed by atoms with E-state index in [1.807, 2.05) is 31.3 Å². The van der Waals surface area contributed by atoms with Gasteiger partial charge in [0.25, 0.3) is 5.91 Å². The summed E-state index contributed by atoms with van der Waals surface area (Å²) in [6.45, 7) is 7.11. The van der Waals surface area contributed by atoms with E-state index in [2.05, 4.69) is 44.3 Å². The molecule has 10 rings (SSSR count). The van der Waals surface area contributed by atoms with E-state index in [1.54, 1.807) is 0 Å². The second-order valence-corrected chi connectivity index (χ2v) is 18.2. The van der Waals surface area contributed by atoms with Crippen molar-refractivity contribution in [1.82, 2.24) is 15.1 Å². The molecular formula is C46H54ClN5O3. The predicted octanol–water partition coefficient (Wildman–Crippen LogP) is 8.55. The fourth-order valence-electron chi connectivity index (χ4n) is 12.1. The number of piperidine rings is 1.